The number of halogens is 3. The molecule has 3 aromatic rings. The molecule has 0 bridgehead atoms. The molecule has 1 N–H and O–H groups in total. The average molecular weight is 399 g/mol. The van der Waals surface area contributed by atoms with Crippen LogP contribution < -0.4 is 5.32 Å². The molecule has 8 heteroatoms. The van der Waals surface area contributed by atoms with E-state index in [0.717, 1.165) is 0 Å². The SMILES string of the molecule is Cc1nn(-c2ccc(F)cc2)c(Cl)c1C=C(C#N)C(=O)Nc1ccc(F)cc1. The van der Waals surface area contributed by atoms with Gasteiger partial charge in [0.1, 0.15) is 28.4 Å². The molecule has 1 heterocycles. The van der Waals surface area contributed by atoms with Crippen molar-refractivity contribution >= 4 is 29.3 Å². The average Bonchev–Trinajstić information content (AvgIpc) is 2.96. The molecule has 5 nitrogen and oxygen atoms in total. The van der Waals surface area contributed by atoms with Crippen molar-refractivity contribution in [1.82, 2.24) is 9.78 Å². The second-order valence-corrected chi connectivity index (χ2v) is 6.17. The topological polar surface area (TPSA) is 70.7 Å². The van der Waals surface area contributed by atoms with E-state index in [-0.39, 0.29) is 10.7 Å². The molecule has 0 radical (unpaired) electrons. The minimum atomic E-state index is -0.667. The molecule has 0 aliphatic heterocycles. The molecule has 0 fully saturated rings. The molecule has 1 aromatic heterocycles. The Labute approximate surface area is 164 Å². The number of nitriles is 1. The Kier molecular flexibility index (Phi) is 5.52. The van der Waals surface area contributed by atoms with Gasteiger partial charge < -0.3 is 5.32 Å². The van der Waals surface area contributed by atoms with Gasteiger partial charge >= 0.3 is 0 Å². The van der Waals surface area contributed by atoms with Crippen LogP contribution in [0.1, 0.15) is 11.3 Å². The van der Waals surface area contributed by atoms with Gasteiger partial charge in [-0.2, -0.15) is 10.4 Å². The van der Waals surface area contributed by atoms with Crippen LogP contribution in [0.4, 0.5) is 14.5 Å². The predicted octanol–water partition coefficient (Wildman–Crippen LogP) is 4.66. The number of carbonyl (C=O) groups is 1. The van der Waals surface area contributed by atoms with Crippen molar-refractivity contribution in [3.8, 4) is 11.8 Å². The highest BCUT2D eigenvalue weighted by Crippen LogP contribution is 2.26. The quantitative estimate of drug-likeness (QED) is 0.513. The smallest absolute Gasteiger partial charge is 0.266 e. The molecule has 0 atom stereocenters. The zero-order chi connectivity index (χ0) is 20.3. The van der Waals surface area contributed by atoms with E-state index in [1.54, 1.807) is 6.92 Å². The first kappa shape index (κ1) is 19.3. The standard InChI is InChI=1S/C20H13ClF2N4O/c1-12-18(19(21)27(26-12)17-8-4-15(23)5-9-17)10-13(11-24)20(28)25-16-6-2-14(22)3-7-16/h2-10H,1H3,(H,25,28). The van der Waals surface area contributed by atoms with Gasteiger partial charge in [0.15, 0.2) is 0 Å². The first-order valence-electron chi connectivity index (χ1n) is 8.09. The number of aryl methyl sites for hydroxylation is 1. The van der Waals surface area contributed by atoms with Gasteiger partial charge in [0, 0.05) is 11.3 Å². The summed E-state index contributed by atoms with van der Waals surface area (Å²) in [5.41, 5.74) is 1.54. The van der Waals surface area contributed by atoms with E-state index in [0.29, 0.717) is 22.6 Å². The molecule has 0 saturated carbocycles. The van der Waals surface area contributed by atoms with Crippen LogP contribution in [0.2, 0.25) is 5.15 Å². The maximum atomic E-state index is 13.1. The van der Waals surface area contributed by atoms with E-state index in [1.165, 1.54) is 59.3 Å². The maximum absolute atomic E-state index is 13.1. The highest BCUT2D eigenvalue weighted by molar-refractivity contribution is 6.31. The molecule has 1 amide bonds. The number of amides is 1. The Bertz CT molecular complexity index is 1100. The first-order chi connectivity index (χ1) is 13.4. The molecule has 3 rings (SSSR count). The molecule has 0 spiro atoms. The zero-order valence-corrected chi connectivity index (χ0v) is 15.3. The second kappa shape index (κ2) is 8.03. The first-order valence-corrected chi connectivity index (χ1v) is 8.46. The van der Waals surface area contributed by atoms with Crippen LogP contribution in [-0.2, 0) is 4.79 Å². The lowest BCUT2D eigenvalue weighted by Crippen LogP contribution is -2.13. The van der Waals surface area contributed by atoms with E-state index in [4.69, 9.17) is 11.6 Å². The minimum absolute atomic E-state index is 0.173. The fourth-order valence-electron chi connectivity index (χ4n) is 2.45. The van der Waals surface area contributed by atoms with E-state index in [9.17, 15) is 18.8 Å². The Morgan fingerprint density at radius 1 is 1.14 bits per heavy atom. The Morgan fingerprint density at radius 2 is 1.71 bits per heavy atom. The van der Waals surface area contributed by atoms with Crippen molar-refractivity contribution in [2.75, 3.05) is 5.32 Å². The lowest BCUT2D eigenvalue weighted by atomic mass is 10.1. The van der Waals surface area contributed by atoms with Crippen molar-refractivity contribution in [3.63, 3.8) is 0 Å². The van der Waals surface area contributed by atoms with Crippen LogP contribution >= 0.6 is 11.6 Å². The normalized spacial score (nSPS) is 11.2. The van der Waals surface area contributed by atoms with Gasteiger partial charge in [0.25, 0.3) is 5.91 Å². The number of hydrogen-bond acceptors (Lipinski definition) is 3. The van der Waals surface area contributed by atoms with Crippen molar-refractivity contribution < 1.29 is 13.6 Å². The monoisotopic (exact) mass is 398 g/mol. The van der Waals surface area contributed by atoms with Crippen molar-refractivity contribution in [2.24, 2.45) is 0 Å². The molecule has 0 saturated heterocycles. The number of carbonyl (C=O) groups excluding carboxylic acids is 1. The Morgan fingerprint density at radius 3 is 2.29 bits per heavy atom. The van der Waals surface area contributed by atoms with Gasteiger partial charge in [-0.15, -0.1) is 0 Å². The third-order valence-corrected chi connectivity index (χ3v) is 4.24. The minimum Gasteiger partial charge on any atom is -0.321 e. The molecule has 0 aliphatic carbocycles. The van der Waals surface area contributed by atoms with E-state index < -0.39 is 17.5 Å². The lowest BCUT2D eigenvalue weighted by molar-refractivity contribution is -0.112. The predicted molar refractivity (Wildman–Crippen MR) is 102 cm³/mol. The van der Waals surface area contributed by atoms with Crippen molar-refractivity contribution in [3.05, 3.63) is 82.1 Å². The van der Waals surface area contributed by atoms with Gasteiger partial charge in [-0.05, 0) is 61.5 Å². The van der Waals surface area contributed by atoms with Gasteiger partial charge in [-0.25, -0.2) is 13.5 Å². The van der Waals surface area contributed by atoms with E-state index in [2.05, 4.69) is 10.4 Å². The van der Waals surface area contributed by atoms with Crippen LogP contribution in [0.15, 0.2) is 54.1 Å². The summed E-state index contributed by atoms with van der Waals surface area (Å²) in [4.78, 5) is 12.4. The fourth-order valence-corrected chi connectivity index (χ4v) is 2.78. The van der Waals surface area contributed by atoms with Gasteiger partial charge in [0.05, 0.1) is 11.4 Å². The summed E-state index contributed by atoms with van der Waals surface area (Å²) in [6.07, 6.45) is 1.32. The molecular weight excluding hydrogens is 386 g/mol. The number of hydrogen-bond donors (Lipinski definition) is 1. The summed E-state index contributed by atoms with van der Waals surface area (Å²) in [5.74, 6) is -1.50. The lowest BCUT2D eigenvalue weighted by Gasteiger charge is -2.04. The van der Waals surface area contributed by atoms with Crippen LogP contribution in [0.5, 0.6) is 0 Å². The highest BCUT2D eigenvalue weighted by atomic mass is 35.5. The fraction of sp³-hybridized carbons (Fsp3) is 0.0500. The van der Waals surface area contributed by atoms with Crippen LogP contribution in [0, 0.1) is 29.9 Å². The van der Waals surface area contributed by atoms with E-state index in [1.807, 2.05) is 6.07 Å². The summed E-state index contributed by atoms with van der Waals surface area (Å²) in [6, 6.07) is 12.5. The molecule has 28 heavy (non-hydrogen) atoms. The third-order valence-electron chi connectivity index (χ3n) is 3.88. The van der Waals surface area contributed by atoms with Crippen molar-refractivity contribution in [1.29, 1.82) is 5.26 Å². The highest BCUT2D eigenvalue weighted by Gasteiger charge is 2.17. The largest absolute Gasteiger partial charge is 0.321 e. The number of nitrogens with zero attached hydrogens (tertiary/aromatic N) is 3. The number of anilines is 1. The summed E-state index contributed by atoms with van der Waals surface area (Å²) < 4.78 is 27.5. The Hall–Kier alpha value is -3.50. The van der Waals surface area contributed by atoms with Crippen LogP contribution in [0.3, 0.4) is 0 Å². The second-order valence-electron chi connectivity index (χ2n) is 5.81. The summed E-state index contributed by atoms with van der Waals surface area (Å²) in [7, 11) is 0. The number of nitrogens with one attached hydrogen (secondary N) is 1. The van der Waals surface area contributed by atoms with Gasteiger partial charge in [-0.3, -0.25) is 4.79 Å². The maximum Gasteiger partial charge on any atom is 0.266 e. The molecule has 0 aliphatic rings. The summed E-state index contributed by atoms with van der Waals surface area (Å²) in [5, 5.41) is 16.3. The molecule has 0 unspecified atom stereocenters. The molecule has 2 aromatic carbocycles. The van der Waals surface area contributed by atoms with Gasteiger partial charge in [-0.1, -0.05) is 11.6 Å². The van der Waals surface area contributed by atoms with Crippen LogP contribution in [0.25, 0.3) is 11.8 Å². The molecule has 140 valence electrons. The third kappa shape index (κ3) is 4.08. The summed E-state index contributed by atoms with van der Waals surface area (Å²) in [6.45, 7) is 1.67. The molecular formula is C20H13ClF2N4O. The van der Waals surface area contributed by atoms with Crippen molar-refractivity contribution in [2.45, 2.75) is 6.92 Å². The zero-order valence-electron chi connectivity index (χ0n) is 14.6. The number of benzene rings is 2. The number of aromatic nitrogens is 2. The summed E-state index contributed by atoms with van der Waals surface area (Å²) >= 11 is 6.37. The Balaban J connectivity index is 1.92. The van der Waals surface area contributed by atoms with Crippen LogP contribution in [-0.4, -0.2) is 15.7 Å². The number of rotatable bonds is 4. The van der Waals surface area contributed by atoms with E-state index >= 15 is 0 Å². The van der Waals surface area contributed by atoms with Gasteiger partial charge in [0.2, 0.25) is 0 Å².